The first kappa shape index (κ1) is 14.1. The Hall–Kier alpha value is -0.880. The number of carbonyl (C=O) groups excluding carboxylic acids is 1. The van der Waals surface area contributed by atoms with Gasteiger partial charge in [0.15, 0.2) is 5.11 Å². The van der Waals surface area contributed by atoms with E-state index in [2.05, 4.69) is 16.0 Å². The van der Waals surface area contributed by atoms with E-state index in [1.165, 1.54) is 0 Å². The number of hydrogen-bond acceptors (Lipinski definition) is 3. The molecule has 3 N–H and O–H groups in total. The summed E-state index contributed by atoms with van der Waals surface area (Å²) < 4.78 is 4.81. The molecule has 15 heavy (non-hydrogen) atoms. The summed E-state index contributed by atoms with van der Waals surface area (Å²) in [6.45, 7) is 4.38. The van der Waals surface area contributed by atoms with Crippen LogP contribution in [0.25, 0.3) is 0 Å². The minimum absolute atomic E-state index is 0.00107. The molecule has 6 heteroatoms. The molecule has 0 aliphatic carbocycles. The summed E-state index contributed by atoms with van der Waals surface area (Å²) in [6, 6.07) is 0. The van der Waals surface area contributed by atoms with Crippen LogP contribution in [0.2, 0.25) is 0 Å². The van der Waals surface area contributed by atoms with Crippen molar-refractivity contribution in [3.05, 3.63) is 0 Å². The van der Waals surface area contributed by atoms with Crippen LogP contribution in [0.5, 0.6) is 0 Å². The molecule has 88 valence electrons. The molecule has 0 rings (SSSR count). The highest BCUT2D eigenvalue weighted by Gasteiger charge is 2.00. The Labute approximate surface area is 95.9 Å². The summed E-state index contributed by atoms with van der Waals surface area (Å²) in [5.41, 5.74) is 0. The van der Waals surface area contributed by atoms with E-state index < -0.39 is 0 Å². The van der Waals surface area contributed by atoms with Crippen LogP contribution in [0.4, 0.5) is 0 Å². The fourth-order valence-corrected chi connectivity index (χ4v) is 1.14. The normalized spacial score (nSPS) is 9.47. The molecule has 0 bridgehead atoms. The third kappa shape index (κ3) is 9.42. The van der Waals surface area contributed by atoms with E-state index in [0.717, 1.165) is 6.54 Å². The van der Waals surface area contributed by atoms with Crippen molar-refractivity contribution in [1.29, 1.82) is 0 Å². The molecule has 0 aromatic carbocycles. The van der Waals surface area contributed by atoms with Crippen molar-refractivity contribution >= 4 is 23.2 Å². The van der Waals surface area contributed by atoms with E-state index in [4.69, 9.17) is 17.0 Å². The number of carbonyl (C=O) groups is 1. The number of rotatable bonds is 7. The Morgan fingerprint density at radius 3 is 2.60 bits per heavy atom. The average molecular weight is 233 g/mol. The Balaban J connectivity index is 3.34. The first-order valence-corrected chi connectivity index (χ1v) is 5.38. The minimum atomic E-state index is -0.00107. The molecule has 1 amide bonds. The van der Waals surface area contributed by atoms with E-state index in [-0.39, 0.29) is 5.91 Å². The van der Waals surface area contributed by atoms with Crippen molar-refractivity contribution in [2.45, 2.75) is 13.3 Å². The molecule has 0 atom stereocenters. The molecule has 0 spiro atoms. The maximum absolute atomic E-state index is 11.2. The highest BCUT2D eigenvalue weighted by Crippen LogP contribution is 1.78. The maximum Gasteiger partial charge on any atom is 0.221 e. The van der Waals surface area contributed by atoms with Crippen LogP contribution in [-0.2, 0) is 9.53 Å². The minimum Gasteiger partial charge on any atom is -0.383 e. The van der Waals surface area contributed by atoms with Gasteiger partial charge in [0.1, 0.15) is 0 Å². The summed E-state index contributed by atoms with van der Waals surface area (Å²) in [5, 5.41) is 9.18. The Morgan fingerprint density at radius 2 is 2.00 bits per heavy atom. The number of hydrogen-bond donors (Lipinski definition) is 3. The predicted molar refractivity (Wildman–Crippen MR) is 63.8 cm³/mol. The smallest absolute Gasteiger partial charge is 0.221 e. The largest absolute Gasteiger partial charge is 0.383 e. The lowest BCUT2D eigenvalue weighted by atomic mass is 10.4. The molecule has 0 radical (unpaired) electrons. The zero-order chi connectivity index (χ0) is 11.5. The number of amides is 1. The molecular weight excluding hydrogens is 214 g/mol. The lowest BCUT2D eigenvalue weighted by Crippen LogP contribution is -2.37. The van der Waals surface area contributed by atoms with E-state index >= 15 is 0 Å². The molecule has 0 heterocycles. The van der Waals surface area contributed by atoms with Gasteiger partial charge in [-0.25, -0.2) is 0 Å². The summed E-state index contributed by atoms with van der Waals surface area (Å²) >= 11 is 4.94. The van der Waals surface area contributed by atoms with Crippen LogP contribution >= 0.6 is 12.2 Å². The summed E-state index contributed by atoms with van der Waals surface area (Å²) in [4.78, 5) is 11.2. The number of methoxy groups -OCH3 is 1. The molecule has 0 aliphatic heterocycles. The van der Waals surface area contributed by atoms with E-state index in [1.807, 2.05) is 6.92 Å². The van der Waals surface area contributed by atoms with Crippen LogP contribution in [0.3, 0.4) is 0 Å². The van der Waals surface area contributed by atoms with Crippen molar-refractivity contribution in [2.75, 3.05) is 33.4 Å². The van der Waals surface area contributed by atoms with Crippen molar-refractivity contribution < 1.29 is 9.53 Å². The standard InChI is InChI=1S/C9H19N3O2S/c1-3-10-9(15)12-5-4-8(13)11-6-7-14-2/h3-7H2,1-2H3,(H,11,13)(H2,10,12,15). The highest BCUT2D eigenvalue weighted by molar-refractivity contribution is 7.80. The second kappa shape index (κ2) is 9.67. The number of thiocarbonyl (C=S) groups is 1. The zero-order valence-electron chi connectivity index (χ0n) is 9.26. The van der Waals surface area contributed by atoms with Crippen molar-refractivity contribution in [3.8, 4) is 0 Å². The molecule has 0 unspecified atom stereocenters. The van der Waals surface area contributed by atoms with Gasteiger partial charge in [-0.2, -0.15) is 0 Å². The molecule has 0 aromatic heterocycles. The lowest BCUT2D eigenvalue weighted by molar-refractivity contribution is -0.121. The van der Waals surface area contributed by atoms with E-state index in [9.17, 15) is 4.79 Å². The van der Waals surface area contributed by atoms with Crippen LogP contribution in [0.1, 0.15) is 13.3 Å². The topological polar surface area (TPSA) is 62.4 Å². The van der Waals surface area contributed by atoms with Gasteiger partial charge in [0.05, 0.1) is 6.61 Å². The van der Waals surface area contributed by atoms with Gasteiger partial charge in [-0.05, 0) is 19.1 Å². The van der Waals surface area contributed by atoms with Crippen molar-refractivity contribution in [2.24, 2.45) is 0 Å². The monoisotopic (exact) mass is 233 g/mol. The molecule has 5 nitrogen and oxygen atoms in total. The summed E-state index contributed by atoms with van der Waals surface area (Å²) in [5.74, 6) is -0.00107. The Morgan fingerprint density at radius 1 is 1.27 bits per heavy atom. The Bertz CT molecular complexity index is 200. The van der Waals surface area contributed by atoms with Gasteiger partial charge in [0.2, 0.25) is 5.91 Å². The fourth-order valence-electron chi connectivity index (χ4n) is 0.894. The summed E-state index contributed by atoms with van der Waals surface area (Å²) in [6.07, 6.45) is 0.412. The zero-order valence-corrected chi connectivity index (χ0v) is 10.1. The van der Waals surface area contributed by atoms with Crippen LogP contribution < -0.4 is 16.0 Å². The van der Waals surface area contributed by atoms with Gasteiger partial charge in [-0.3, -0.25) is 4.79 Å². The van der Waals surface area contributed by atoms with Crippen LogP contribution in [0.15, 0.2) is 0 Å². The second-order valence-corrected chi connectivity index (χ2v) is 3.29. The number of nitrogens with one attached hydrogen (secondary N) is 3. The van der Waals surface area contributed by atoms with Gasteiger partial charge in [-0.15, -0.1) is 0 Å². The van der Waals surface area contributed by atoms with Crippen molar-refractivity contribution in [3.63, 3.8) is 0 Å². The predicted octanol–water partition coefficient (Wildman–Crippen LogP) is -0.377. The maximum atomic E-state index is 11.2. The van der Waals surface area contributed by atoms with Gasteiger partial charge in [0, 0.05) is 33.2 Å². The third-order valence-corrected chi connectivity index (χ3v) is 1.89. The van der Waals surface area contributed by atoms with Gasteiger partial charge >= 0.3 is 0 Å². The van der Waals surface area contributed by atoms with Crippen LogP contribution in [-0.4, -0.2) is 44.4 Å². The molecule has 0 aliphatic rings. The van der Waals surface area contributed by atoms with Gasteiger partial charge < -0.3 is 20.7 Å². The molecule has 0 aromatic rings. The molecule has 0 saturated carbocycles. The molecular formula is C9H19N3O2S. The highest BCUT2D eigenvalue weighted by atomic mass is 32.1. The third-order valence-electron chi connectivity index (χ3n) is 1.60. The van der Waals surface area contributed by atoms with E-state index in [1.54, 1.807) is 7.11 Å². The quantitative estimate of drug-likeness (QED) is 0.413. The Kier molecular flexibility index (Phi) is 9.10. The average Bonchev–Trinajstić information content (AvgIpc) is 2.18. The lowest BCUT2D eigenvalue weighted by Gasteiger charge is -2.08. The van der Waals surface area contributed by atoms with E-state index in [0.29, 0.717) is 31.2 Å². The number of ether oxygens (including phenoxy) is 1. The van der Waals surface area contributed by atoms with Crippen LogP contribution in [0, 0.1) is 0 Å². The first-order valence-electron chi connectivity index (χ1n) is 4.98. The first-order chi connectivity index (χ1) is 7.20. The van der Waals surface area contributed by atoms with Gasteiger partial charge in [0.25, 0.3) is 0 Å². The van der Waals surface area contributed by atoms with Crippen molar-refractivity contribution in [1.82, 2.24) is 16.0 Å². The van der Waals surface area contributed by atoms with Gasteiger partial charge in [-0.1, -0.05) is 0 Å². The SMILES string of the molecule is CCNC(=S)NCCC(=O)NCCOC. The fraction of sp³-hybridized carbons (Fsp3) is 0.778. The second-order valence-electron chi connectivity index (χ2n) is 2.88. The summed E-state index contributed by atoms with van der Waals surface area (Å²) in [7, 11) is 1.60. The molecule has 0 saturated heterocycles. The molecule has 0 fully saturated rings.